The maximum Gasteiger partial charge on any atom is 0.236 e. The quantitative estimate of drug-likeness (QED) is 0.770. The van der Waals surface area contributed by atoms with Crippen molar-refractivity contribution in [2.24, 2.45) is 5.92 Å². The fraction of sp³-hybridized carbons (Fsp3) is 0.636. The van der Waals surface area contributed by atoms with E-state index in [0.717, 1.165) is 56.2 Å². The molecule has 4 aliphatic rings. The van der Waals surface area contributed by atoms with E-state index in [2.05, 4.69) is 24.8 Å². The summed E-state index contributed by atoms with van der Waals surface area (Å²) in [5.74, 6) is 2.23. The van der Waals surface area contributed by atoms with Crippen LogP contribution in [0.5, 0.6) is 0 Å². The van der Waals surface area contributed by atoms with Gasteiger partial charge in [0, 0.05) is 64.5 Å². The standard InChI is InChI=1S/C22H33N7O2/c1-16(2)26(3)22(31)17-5-8-28(9-6-17)19(30)14-27-10-12-29(13-11-27)21-18-4-7-23-20(18)24-15-25-21/h4,7,15-17H,5-6,8-14H2,1-3H3,(H,23,24,25). The first-order chi connectivity index (χ1) is 14.9. The van der Waals surface area contributed by atoms with Gasteiger partial charge in [0.25, 0.3) is 0 Å². The lowest BCUT2D eigenvalue weighted by molar-refractivity contribution is -0.141. The van der Waals surface area contributed by atoms with Crippen LogP contribution in [-0.4, -0.2) is 100 Å². The van der Waals surface area contributed by atoms with E-state index < -0.39 is 0 Å². The van der Waals surface area contributed by atoms with Gasteiger partial charge in [-0.1, -0.05) is 0 Å². The van der Waals surface area contributed by atoms with Crippen LogP contribution >= 0.6 is 0 Å². The number of aromatic amines is 1. The molecule has 2 saturated heterocycles. The number of rotatable bonds is 5. The van der Waals surface area contributed by atoms with Gasteiger partial charge in [0.1, 0.15) is 11.6 Å². The third-order valence-electron chi connectivity index (χ3n) is 6.68. The number of nitrogens with one attached hydrogen (secondary N) is 1. The van der Waals surface area contributed by atoms with E-state index in [4.69, 9.17) is 0 Å². The zero-order valence-electron chi connectivity index (χ0n) is 18.8. The molecule has 0 radical (unpaired) electrons. The molecule has 0 aromatic heterocycles. The summed E-state index contributed by atoms with van der Waals surface area (Å²) in [7, 11) is 1.87. The molecule has 9 nitrogen and oxygen atoms in total. The number of likely N-dealkylation sites (tertiary alicyclic amines) is 1. The van der Waals surface area contributed by atoms with Crippen LogP contribution in [-0.2, 0) is 9.59 Å². The molecule has 1 N–H and O–H groups in total. The monoisotopic (exact) mass is 427 g/mol. The number of fused-ring (bicyclic) bond motifs is 1. The number of aromatic nitrogens is 3. The summed E-state index contributed by atoms with van der Waals surface area (Å²) in [6.07, 6.45) is 5.00. The average Bonchev–Trinajstić information content (AvgIpc) is 3.28. The lowest BCUT2D eigenvalue weighted by atomic mass is 9.95. The highest BCUT2D eigenvalue weighted by atomic mass is 16.2. The predicted octanol–water partition coefficient (Wildman–Crippen LogP) is 1.14. The van der Waals surface area contributed by atoms with Crippen LogP contribution in [0, 0.1) is 5.92 Å². The van der Waals surface area contributed by atoms with Gasteiger partial charge in [0.15, 0.2) is 0 Å². The first-order valence-corrected chi connectivity index (χ1v) is 11.2. The summed E-state index contributed by atoms with van der Waals surface area (Å²) in [5.41, 5.74) is 1.03. The maximum atomic E-state index is 12.8. The SMILES string of the molecule is CC(C)N(C)C(=O)C1CCN(C(=O)CN2CCN(c3nc[nH]c4nccc3-4)CC2)CC1. The molecule has 0 spiro atoms. The van der Waals surface area contributed by atoms with E-state index in [1.54, 1.807) is 12.5 Å². The summed E-state index contributed by atoms with van der Waals surface area (Å²) in [4.78, 5) is 45.5. The molecule has 0 unspecified atom stereocenters. The minimum Gasteiger partial charge on any atom is -0.353 e. The Balaban J connectivity index is 1.24. The molecule has 4 heterocycles. The Morgan fingerprint density at radius 1 is 1.13 bits per heavy atom. The van der Waals surface area contributed by atoms with Crippen molar-refractivity contribution in [1.82, 2.24) is 29.7 Å². The summed E-state index contributed by atoms with van der Waals surface area (Å²) in [5, 5.41) is 0. The smallest absolute Gasteiger partial charge is 0.236 e. The number of piperazine rings is 1. The highest BCUT2D eigenvalue weighted by molar-refractivity contribution is 5.81. The summed E-state index contributed by atoms with van der Waals surface area (Å²) >= 11 is 0. The molecular weight excluding hydrogens is 394 g/mol. The second kappa shape index (κ2) is 9.21. The zero-order chi connectivity index (χ0) is 22.0. The number of amides is 2. The van der Waals surface area contributed by atoms with Crippen molar-refractivity contribution in [1.29, 1.82) is 0 Å². The van der Waals surface area contributed by atoms with Crippen LogP contribution in [0.1, 0.15) is 26.7 Å². The van der Waals surface area contributed by atoms with Gasteiger partial charge in [-0.15, -0.1) is 0 Å². The number of hydrogen-bond acceptors (Lipinski definition) is 6. The van der Waals surface area contributed by atoms with Crippen molar-refractivity contribution in [3.8, 4) is 11.4 Å². The number of anilines is 1. The van der Waals surface area contributed by atoms with Gasteiger partial charge in [0.05, 0.1) is 18.4 Å². The molecule has 9 heteroatoms. The van der Waals surface area contributed by atoms with Crippen molar-refractivity contribution in [3.63, 3.8) is 0 Å². The lowest BCUT2D eigenvalue weighted by Crippen LogP contribution is -2.52. The number of carbonyl (C=O) groups is 2. The predicted molar refractivity (Wildman–Crippen MR) is 119 cm³/mol. The van der Waals surface area contributed by atoms with Crippen molar-refractivity contribution >= 4 is 17.6 Å². The first kappa shape index (κ1) is 21.5. The molecule has 4 rings (SSSR count). The zero-order valence-corrected chi connectivity index (χ0v) is 18.8. The molecule has 0 aromatic rings. The number of H-pyrrole nitrogens is 1. The summed E-state index contributed by atoms with van der Waals surface area (Å²) < 4.78 is 0. The second-order valence-electron chi connectivity index (χ2n) is 8.89. The Hall–Kier alpha value is -2.68. The fourth-order valence-electron chi connectivity index (χ4n) is 4.43. The highest BCUT2D eigenvalue weighted by Crippen LogP contribution is 2.28. The van der Waals surface area contributed by atoms with Gasteiger partial charge in [-0.2, -0.15) is 0 Å². The van der Waals surface area contributed by atoms with Crippen LogP contribution in [0.3, 0.4) is 0 Å². The van der Waals surface area contributed by atoms with E-state index in [1.165, 1.54) is 0 Å². The molecule has 0 aliphatic carbocycles. The minimum atomic E-state index is 0.0399. The third kappa shape index (κ3) is 4.66. The van der Waals surface area contributed by atoms with Crippen LogP contribution in [0.4, 0.5) is 5.82 Å². The van der Waals surface area contributed by atoms with Crippen molar-refractivity contribution in [2.45, 2.75) is 32.7 Å². The number of hydrogen-bond donors (Lipinski definition) is 1. The lowest BCUT2D eigenvalue weighted by Gasteiger charge is -2.38. The Morgan fingerprint density at radius 3 is 2.52 bits per heavy atom. The van der Waals surface area contributed by atoms with E-state index in [0.29, 0.717) is 19.6 Å². The summed E-state index contributed by atoms with van der Waals surface area (Å²) in [6, 6.07) is 2.19. The van der Waals surface area contributed by atoms with E-state index in [1.807, 2.05) is 36.8 Å². The molecule has 2 fully saturated rings. The number of nitrogens with zero attached hydrogens (tertiary/aromatic N) is 6. The Kier molecular flexibility index (Phi) is 6.41. The number of piperidine rings is 1. The molecule has 4 aliphatic heterocycles. The molecule has 2 amide bonds. The minimum absolute atomic E-state index is 0.0399. The average molecular weight is 428 g/mol. The molecule has 0 saturated carbocycles. The van der Waals surface area contributed by atoms with Crippen molar-refractivity contribution < 1.29 is 9.59 Å². The molecule has 168 valence electrons. The van der Waals surface area contributed by atoms with E-state index in [-0.39, 0.29) is 23.8 Å². The van der Waals surface area contributed by atoms with Gasteiger partial charge in [-0.05, 0) is 32.8 Å². The van der Waals surface area contributed by atoms with Crippen LogP contribution < -0.4 is 4.90 Å². The van der Waals surface area contributed by atoms with Crippen LogP contribution in [0.15, 0.2) is 18.6 Å². The van der Waals surface area contributed by atoms with E-state index >= 15 is 0 Å². The Labute approximate surface area is 183 Å². The van der Waals surface area contributed by atoms with Gasteiger partial charge in [-0.3, -0.25) is 14.5 Å². The van der Waals surface area contributed by atoms with Gasteiger partial charge in [0.2, 0.25) is 11.8 Å². The van der Waals surface area contributed by atoms with Crippen molar-refractivity contribution in [2.75, 3.05) is 57.8 Å². The topological polar surface area (TPSA) is 88.7 Å². The van der Waals surface area contributed by atoms with Crippen molar-refractivity contribution in [3.05, 3.63) is 18.6 Å². The molecule has 0 bridgehead atoms. The number of carbonyl (C=O) groups excluding carboxylic acids is 2. The van der Waals surface area contributed by atoms with Gasteiger partial charge >= 0.3 is 0 Å². The first-order valence-electron chi connectivity index (χ1n) is 11.2. The largest absolute Gasteiger partial charge is 0.353 e. The van der Waals surface area contributed by atoms with Gasteiger partial charge < -0.3 is 19.7 Å². The normalized spacial score (nSPS) is 18.7. The molecule has 31 heavy (non-hydrogen) atoms. The summed E-state index contributed by atoms with van der Waals surface area (Å²) in [6.45, 7) is 9.18. The van der Waals surface area contributed by atoms with Crippen LogP contribution in [0.2, 0.25) is 0 Å². The maximum absolute atomic E-state index is 12.8. The molecule has 0 atom stereocenters. The molecular formula is C22H33N7O2. The second-order valence-corrected chi connectivity index (χ2v) is 8.89. The van der Waals surface area contributed by atoms with Crippen LogP contribution in [0.25, 0.3) is 11.4 Å². The molecule has 0 aromatic carbocycles. The van der Waals surface area contributed by atoms with Gasteiger partial charge in [-0.25, -0.2) is 9.97 Å². The highest BCUT2D eigenvalue weighted by Gasteiger charge is 2.31. The third-order valence-corrected chi connectivity index (χ3v) is 6.68. The fourth-order valence-corrected chi connectivity index (χ4v) is 4.43. The Morgan fingerprint density at radius 2 is 1.84 bits per heavy atom. The van der Waals surface area contributed by atoms with E-state index in [9.17, 15) is 9.59 Å². The Bertz CT molecular complexity index is 866.